The first-order valence-electron chi connectivity index (χ1n) is 34.9. The largest absolute Gasteiger partial charge is 0.141 e. The zero-order valence-corrected chi connectivity index (χ0v) is 67.0. The summed E-state index contributed by atoms with van der Waals surface area (Å²) in [5.41, 5.74) is 22.4. The monoisotopic (exact) mass is 1490 g/mol. The van der Waals surface area contributed by atoms with Gasteiger partial charge in [0.05, 0.1) is 0 Å². The van der Waals surface area contributed by atoms with E-state index in [0.29, 0.717) is 0 Å². The molecule has 9 heteroatoms. The van der Waals surface area contributed by atoms with Gasteiger partial charge in [0.1, 0.15) is 8.07 Å². The minimum atomic E-state index is -1.51. The molecule has 0 unspecified atom stereocenters. The van der Waals surface area contributed by atoms with Crippen molar-refractivity contribution in [1.82, 2.24) is 0 Å². The van der Waals surface area contributed by atoms with Crippen molar-refractivity contribution in [3.63, 3.8) is 0 Å². The third-order valence-corrected chi connectivity index (χ3v) is 32.1. The SMILES string of the molecule is Cc1ccc(-c2ccc(-c3cc(-c4ccc(-c5ccc(C)cc5)cc4)cc(-c4ccc(-c5ccc(C)cc5)cc4)c3)cc2)cc1.Cc1ccc(-c2ccc(-c3cc(-c4ccc(-c5ccc(C)s5)s4)cc(-c4ccc(-c5ccc(C)s5)s4)c3)s2)s1.Cc1ccc(C2=CC=C(c3ccc(C)s3)[Si]2(C)C)s1. The Hall–Kier alpha value is -8.94. The van der Waals surface area contributed by atoms with Crippen molar-refractivity contribution >= 4 is 109 Å². The lowest BCUT2D eigenvalue weighted by Crippen LogP contribution is -2.27. The molecule has 506 valence electrons. The maximum Gasteiger partial charge on any atom is 0.115 e. The highest BCUT2D eigenvalue weighted by Gasteiger charge is 2.36. The zero-order valence-electron chi connectivity index (χ0n) is 59.5. The lowest BCUT2D eigenvalue weighted by atomic mass is 9.91. The highest BCUT2D eigenvalue weighted by Crippen LogP contribution is 2.48. The van der Waals surface area contributed by atoms with Crippen LogP contribution in [-0.4, -0.2) is 8.07 Å². The molecule has 0 saturated carbocycles. The van der Waals surface area contributed by atoms with Crippen molar-refractivity contribution < 1.29 is 0 Å². The molecule has 17 rings (SSSR count). The summed E-state index contributed by atoms with van der Waals surface area (Å²) in [6, 6.07) is 103. The van der Waals surface area contributed by atoms with Gasteiger partial charge in [0.2, 0.25) is 0 Å². The van der Waals surface area contributed by atoms with Crippen molar-refractivity contribution in [3.05, 3.63) is 342 Å². The van der Waals surface area contributed by atoms with Crippen LogP contribution in [0.25, 0.3) is 138 Å². The molecule has 0 spiro atoms. The van der Waals surface area contributed by atoms with E-state index in [2.05, 4.69) is 360 Å². The summed E-state index contributed by atoms with van der Waals surface area (Å²) in [5.74, 6) is 0. The molecule has 0 aliphatic carbocycles. The van der Waals surface area contributed by atoms with E-state index in [0.717, 1.165) is 0 Å². The molecule has 8 aromatic heterocycles. The van der Waals surface area contributed by atoms with Crippen LogP contribution in [0.1, 0.15) is 50.8 Å². The molecule has 0 amide bonds. The maximum absolute atomic E-state index is 2.47. The second kappa shape index (κ2) is 30.4. The Kier molecular flexibility index (Phi) is 20.6. The van der Waals surface area contributed by atoms with Crippen LogP contribution in [0, 0.1) is 55.4 Å². The van der Waals surface area contributed by atoms with E-state index in [1.165, 1.54) is 178 Å². The molecule has 0 saturated heterocycles. The summed E-state index contributed by atoms with van der Waals surface area (Å²) in [6.45, 7) is 22.2. The summed E-state index contributed by atoms with van der Waals surface area (Å²) < 4.78 is 0. The van der Waals surface area contributed by atoms with Gasteiger partial charge < -0.3 is 0 Å². The Morgan fingerprint density at radius 3 is 0.563 bits per heavy atom. The molecule has 0 radical (unpaired) electrons. The standard InChI is InChI=1S/C45H36.C33H24S6.C16H18S2Si/c1-31-4-10-34(11-5-31)37-16-22-40(23-17-37)43-28-44(41-24-18-38(19-25-41)35-12-6-32(2)7-13-35)30-45(29-43)42-26-20-39(21-27-42)36-14-8-33(3)9-15-36;1-19-4-7-28(34-19)31-13-10-25(37-31)22-16-23(26-11-14-32(38-26)29-8-5-20(2)35-29)18-24(17-22)27-12-15-33(39-27)30-9-6-21(3)36-30;1-11-5-7-13(17-11)15-9-10-16(19(15,3)4)14-8-6-12(2)18-14/h4-30H,1-3H3;4-18H,1-3H3;5-10H,1-4H3. The second-order valence-electron chi connectivity index (χ2n) is 27.3. The summed E-state index contributed by atoms with van der Waals surface area (Å²) in [7, 11) is -1.51. The van der Waals surface area contributed by atoms with Gasteiger partial charge in [-0.2, -0.15) is 0 Å². The van der Waals surface area contributed by atoms with Crippen LogP contribution in [0.3, 0.4) is 0 Å². The van der Waals surface area contributed by atoms with Gasteiger partial charge in [-0.3, -0.25) is 0 Å². The smallest absolute Gasteiger partial charge is 0.115 e. The van der Waals surface area contributed by atoms with E-state index in [4.69, 9.17) is 0 Å². The average Bonchev–Trinajstić information content (AvgIpc) is 1.65. The first-order valence-corrected chi connectivity index (χ1v) is 44.4. The van der Waals surface area contributed by atoms with Crippen LogP contribution in [0.5, 0.6) is 0 Å². The van der Waals surface area contributed by atoms with Crippen LogP contribution in [-0.2, 0) is 0 Å². The van der Waals surface area contributed by atoms with Crippen molar-refractivity contribution in [1.29, 1.82) is 0 Å². The van der Waals surface area contributed by atoms with E-state index in [9.17, 15) is 0 Å². The average molecular weight is 1490 g/mol. The van der Waals surface area contributed by atoms with Crippen molar-refractivity contribution in [2.75, 3.05) is 0 Å². The molecule has 0 atom stereocenters. The van der Waals surface area contributed by atoms with Crippen LogP contribution in [0.15, 0.2) is 291 Å². The minimum absolute atomic E-state index is 1.21. The Balaban J connectivity index is 0.000000134. The molecule has 16 aromatic rings. The van der Waals surface area contributed by atoms with E-state index in [1.807, 2.05) is 90.7 Å². The Morgan fingerprint density at radius 2 is 0.340 bits per heavy atom. The maximum atomic E-state index is 2.47. The summed E-state index contributed by atoms with van der Waals surface area (Å²) in [5, 5.41) is 3.18. The van der Waals surface area contributed by atoms with Gasteiger partial charge in [-0.15, -0.1) is 90.7 Å². The first-order chi connectivity index (χ1) is 49.9. The number of benzene rings is 8. The van der Waals surface area contributed by atoms with E-state index in [1.54, 1.807) is 10.4 Å². The van der Waals surface area contributed by atoms with Crippen molar-refractivity contribution in [2.24, 2.45) is 0 Å². The number of thiophene rings is 8. The van der Waals surface area contributed by atoms with Crippen LogP contribution in [0.2, 0.25) is 13.1 Å². The molecular formula is C94H78S8Si. The zero-order chi connectivity index (χ0) is 70.9. The molecule has 0 fully saturated rings. The third-order valence-electron chi connectivity index (χ3n) is 19.1. The Labute approximate surface area is 641 Å². The lowest BCUT2D eigenvalue weighted by molar-refractivity contribution is 1.47. The minimum Gasteiger partial charge on any atom is -0.141 e. The molecule has 1 aliphatic rings. The van der Waals surface area contributed by atoms with E-state index < -0.39 is 8.07 Å². The Morgan fingerprint density at radius 1 is 0.165 bits per heavy atom. The van der Waals surface area contributed by atoms with E-state index in [-0.39, 0.29) is 0 Å². The van der Waals surface area contributed by atoms with Gasteiger partial charge in [-0.05, 0) is 283 Å². The number of aryl methyl sites for hydroxylation is 8. The topological polar surface area (TPSA) is 0 Å². The molecule has 0 N–H and O–H groups in total. The number of rotatable bonds is 14. The molecule has 1 aliphatic heterocycles. The quantitative estimate of drug-likeness (QED) is 0.0952. The molecule has 9 heterocycles. The summed E-state index contributed by atoms with van der Waals surface area (Å²) in [6.07, 6.45) is 4.73. The van der Waals surface area contributed by atoms with Gasteiger partial charge in [0.25, 0.3) is 0 Å². The van der Waals surface area contributed by atoms with Crippen LogP contribution in [0.4, 0.5) is 0 Å². The number of hydrogen-bond acceptors (Lipinski definition) is 8. The Bertz CT molecular complexity index is 5150. The number of allylic oxidation sites excluding steroid dienone is 2. The fraction of sp³-hybridized carbons (Fsp3) is 0.106. The summed E-state index contributed by atoms with van der Waals surface area (Å²) in [4.78, 5) is 21.8. The fourth-order valence-corrected chi connectivity index (χ4v) is 25.2. The number of hydrogen-bond donors (Lipinski definition) is 0. The van der Waals surface area contributed by atoms with Gasteiger partial charge in [-0.1, -0.05) is 188 Å². The third kappa shape index (κ3) is 15.9. The highest BCUT2D eigenvalue weighted by molar-refractivity contribution is 7.25. The molecule has 103 heavy (non-hydrogen) atoms. The normalized spacial score (nSPS) is 12.4. The molecule has 0 nitrogen and oxygen atoms in total. The first kappa shape index (κ1) is 69.8. The van der Waals surface area contributed by atoms with Crippen molar-refractivity contribution in [3.8, 4) is 127 Å². The lowest BCUT2D eigenvalue weighted by Gasteiger charge is -2.23. The van der Waals surface area contributed by atoms with Crippen molar-refractivity contribution in [2.45, 2.75) is 68.5 Å². The fourth-order valence-electron chi connectivity index (χ4n) is 13.2. The van der Waals surface area contributed by atoms with E-state index >= 15 is 0 Å². The second-order valence-corrected chi connectivity index (χ2v) is 41.3. The van der Waals surface area contributed by atoms with Crippen LogP contribution >= 0.6 is 90.7 Å². The predicted molar refractivity (Wildman–Crippen MR) is 465 cm³/mol. The van der Waals surface area contributed by atoms with Gasteiger partial charge in [0, 0.05) is 78.0 Å². The summed E-state index contributed by atoms with van der Waals surface area (Å²) >= 11 is 15.1. The molecule has 0 bridgehead atoms. The highest BCUT2D eigenvalue weighted by atomic mass is 32.1. The van der Waals surface area contributed by atoms with Gasteiger partial charge in [0.15, 0.2) is 0 Å². The van der Waals surface area contributed by atoms with Gasteiger partial charge >= 0.3 is 0 Å². The van der Waals surface area contributed by atoms with Gasteiger partial charge in [-0.25, -0.2) is 0 Å². The predicted octanol–water partition coefficient (Wildman–Crippen LogP) is 31.3. The molecule has 8 aromatic carbocycles. The molecular weight excluding hydrogens is 1410 g/mol. The van der Waals surface area contributed by atoms with Crippen LogP contribution < -0.4 is 0 Å².